The Morgan fingerprint density at radius 2 is 2.19 bits per heavy atom. The van der Waals surface area contributed by atoms with Crippen LogP contribution in [0.3, 0.4) is 0 Å². The van der Waals surface area contributed by atoms with E-state index in [2.05, 4.69) is 11.8 Å². The molecule has 1 aliphatic heterocycles. The van der Waals surface area contributed by atoms with Crippen molar-refractivity contribution in [1.29, 1.82) is 0 Å². The summed E-state index contributed by atoms with van der Waals surface area (Å²) in [5.74, 6) is 0. The predicted octanol–water partition coefficient (Wildman–Crippen LogP) is 3.09. The van der Waals surface area contributed by atoms with Crippen LogP contribution in [0.15, 0.2) is 18.2 Å². The molecule has 1 aromatic carbocycles. The van der Waals surface area contributed by atoms with Crippen molar-refractivity contribution in [2.24, 2.45) is 5.73 Å². The highest BCUT2D eigenvalue weighted by Crippen LogP contribution is 2.37. The summed E-state index contributed by atoms with van der Waals surface area (Å²) in [5.41, 5.74) is 7.21. The Kier molecular flexibility index (Phi) is 3.75. The Morgan fingerprint density at radius 3 is 2.88 bits per heavy atom. The molecule has 0 bridgehead atoms. The van der Waals surface area contributed by atoms with Crippen LogP contribution in [0.25, 0.3) is 0 Å². The lowest BCUT2D eigenvalue weighted by Gasteiger charge is -2.26. The lowest BCUT2D eigenvalue weighted by atomic mass is 10.0. The van der Waals surface area contributed by atoms with E-state index in [9.17, 15) is 0 Å². The minimum Gasteiger partial charge on any atom is -0.326 e. The molecule has 2 unspecified atom stereocenters. The first kappa shape index (κ1) is 12.2. The molecule has 1 fully saturated rings. The molecule has 1 aromatic rings. The van der Waals surface area contributed by atoms with Crippen molar-refractivity contribution in [1.82, 2.24) is 4.90 Å². The molecule has 1 heterocycles. The third-order valence-electron chi connectivity index (χ3n) is 3.25. The van der Waals surface area contributed by atoms with E-state index in [1.165, 1.54) is 0 Å². The molecule has 0 radical (unpaired) electrons. The molecule has 1 aliphatic rings. The Hall–Kier alpha value is -0.280. The molecule has 0 saturated carbocycles. The number of halogens is 2. The summed E-state index contributed by atoms with van der Waals surface area (Å²) in [6, 6.07) is 6.12. The molecule has 2 nitrogen and oxygen atoms in total. The number of likely N-dealkylation sites (tertiary alicyclic amines) is 1. The Morgan fingerprint density at radius 1 is 1.44 bits per heavy atom. The van der Waals surface area contributed by atoms with Crippen molar-refractivity contribution < 1.29 is 0 Å². The monoisotopic (exact) mass is 258 g/mol. The van der Waals surface area contributed by atoms with Gasteiger partial charge in [-0.3, -0.25) is 4.90 Å². The van der Waals surface area contributed by atoms with Crippen molar-refractivity contribution in [3.8, 4) is 0 Å². The fourth-order valence-corrected chi connectivity index (χ4v) is 2.83. The van der Waals surface area contributed by atoms with Crippen LogP contribution in [-0.2, 0) is 0 Å². The summed E-state index contributed by atoms with van der Waals surface area (Å²) in [7, 11) is 0. The van der Waals surface area contributed by atoms with Gasteiger partial charge in [-0.1, -0.05) is 42.3 Å². The van der Waals surface area contributed by atoms with Crippen LogP contribution in [0.1, 0.15) is 24.9 Å². The zero-order chi connectivity index (χ0) is 11.7. The SMILES string of the molecule is CCN1CCC(N)C1c1cccc(Cl)c1Cl. The molecule has 1 saturated heterocycles. The van der Waals surface area contributed by atoms with Crippen molar-refractivity contribution in [3.05, 3.63) is 33.8 Å². The van der Waals surface area contributed by atoms with Crippen LogP contribution >= 0.6 is 23.2 Å². The van der Waals surface area contributed by atoms with E-state index in [0.29, 0.717) is 10.0 Å². The van der Waals surface area contributed by atoms with Gasteiger partial charge in [0.2, 0.25) is 0 Å². The third kappa shape index (κ3) is 2.07. The van der Waals surface area contributed by atoms with Crippen molar-refractivity contribution in [2.75, 3.05) is 13.1 Å². The van der Waals surface area contributed by atoms with Crippen molar-refractivity contribution >= 4 is 23.2 Å². The first-order chi connectivity index (χ1) is 7.65. The van der Waals surface area contributed by atoms with E-state index in [-0.39, 0.29) is 12.1 Å². The Labute approximate surface area is 106 Å². The second-order valence-electron chi connectivity index (χ2n) is 4.17. The molecule has 0 spiro atoms. The summed E-state index contributed by atoms with van der Waals surface area (Å²) < 4.78 is 0. The second kappa shape index (κ2) is 4.92. The average molecular weight is 259 g/mol. The van der Waals surface area contributed by atoms with Crippen molar-refractivity contribution in [3.63, 3.8) is 0 Å². The van der Waals surface area contributed by atoms with Gasteiger partial charge < -0.3 is 5.73 Å². The van der Waals surface area contributed by atoms with Gasteiger partial charge in [0.05, 0.1) is 16.1 Å². The zero-order valence-electron chi connectivity index (χ0n) is 9.29. The summed E-state index contributed by atoms with van der Waals surface area (Å²) >= 11 is 12.3. The maximum Gasteiger partial charge on any atom is 0.0640 e. The van der Waals surface area contributed by atoms with Crippen LogP contribution in [0.5, 0.6) is 0 Å². The standard InChI is InChI=1S/C12H16Cl2N2/c1-2-16-7-6-10(15)12(16)8-4-3-5-9(13)11(8)14/h3-5,10,12H,2,6-7,15H2,1H3. The zero-order valence-corrected chi connectivity index (χ0v) is 10.8. The largest absolute Gasteiger partial charge is 0.326 e. The van der Waals surface area contributed by atoms with Gasteiger partial charge in [0.15, 0.2) is 0 Å². The normalized spacial score (nSPS) is 26.2. The molecule has 2 N–H and O–H groups in total. The minimum atomic E-state index is 0.149. The molecular weight excluding hydrogens is 243 g/mol. The first-order valence-corrected chi connectivity index (χ1v) is 6.34. The number of rotatable bonds is 2. The molecule has 88 valence electrons. The number of hydrogen-bond acceptors (Lipinski definition) is 2. The first-order valence-electron chi connectivity index (χ1n) is 5.58. The highest BCUT2D eigenvalue weighted by atomic mass is 35.5. The molecule has 4 heteroatoms. The molecule has 2 atom stereocenters. The highest BCUT2D eigenvalue weighted by molar-refractivity contribution is 6.42. The summed E-state index contributed by atoms with van der Waals surface area (Å²) in [6.07, 6.45) is 1.02. The molecule has 0 aromatic heterocycles. The number of nitrogens with zero attached hydrogens (tertiary/aromatic N) is 1. The summed E-state index contributed by atoms with van der Waals surface area (Å²) in [6.45, 7) is 4.16. The van der Waals surface area contributed by atoms with E-state index >= 15 is 0 Å². The Balaban J connectivity index is 2.38. The van der Waals surface area contributed by atoms with E-state index in [0.717, 1.165) is 25.1 Å². The van der Waals surface area contributed by atoms with Gasteiger partial charge >= 0.3 is 0 Å². The number of likely N-dealkylation sites (N-methyl/N-ethyl adjacent to an activating group) is 1. The van der Waals surface area contributed by atoms with Gasteiger partial charge in [0, 0.05) is 12.6 Å². The number of nitrogens with two attached hydrogens (primary N) is 1. The number of benzene rings is 1. The van der Waals surface area contributed by atoms with E-state index in [1.54, 1.807) is 0 Å². The highest BCUT2D eigenvalue weighted by Gasteiger charge is 2.33. The van der Waals surface area contributed by atoms with E-state index in [1.807, 2.05) is 18.2 Å². The topological polar surface area (TPSA) is 29.3 Å². The van der Waals surface area contributed by atoms with Gasteiger partial charge in [-0.15, -0.1) is 0 Å². The predicted molar refractivity (Wildman–Crippen MR) is 69.0 cm³/mol. The fourth-order valence-electron chi connectivity index (χ4n) is 2.41. The lowest BCUT2D eigenvalue weighted by Crippen LogP contribution is -2.31. The second-order valence-corrected chi connectivity index (χ2v) is 4.95. The van der Waals surface area contributed by atoms with Crippen LogP contribution in [-0.4, -0.2) is 24.0 Å². The fraction of sp³-hybridized carbons (Fsp3) is 0.500. The molecular formula is C12H16Cl2N2. The van der Waals surface area contributed by atoms with Gasteiger partial charge in [-0.05, 0) is 24.6 Å². The molecule has 0 aliphatic carbocycles. The average Bonchev–Trinajstić information content (AvgIpc) is 2.64. The minimum absolute atomic E-state index is 0.149. The lowest BCUT2D eigenvalue weighted by molar-refractivity contribution is 0.261. The molecule has 2 rings (SSSR count). The van der Waals surface area contributed by atoms with E-state index in [4.69, 9.17) is 28.9 Å². The molecule has 0 amide bonds. The quantitative estimate of drug-likeness (QED) is 0.884. The summed E-state index contributed by atoms with van der Waals surface area (Å²) in [5, 5.41) is 1.25. The summed E-state index contributed by atoms with van der Waals surface area (Å²) in [4.78, 5) is 2.35. The van der Waals surface area contributed by atoms with Crippen LogP contribution in [0.2, 0.25) is 10.0 Å². The van der Waals surface area contributed by atoms with Crippen molar-refractivity contribution in [2.45, 2.75) is 25.4 Å². The van der Waals surface area contributed by atoms with Gasteiger partial charge in [0.25, 0.3) is 0 Å². The van der Waals surface area contributed by atoms with E-state index < -0.39 is 0 Å². The van der Waals surface area contributed by atoms with Gasteiger partial charge in [-0.2, -0.15) is 0 Å². The molecule has 16 heavy (non-hydrogen) atoms. The van der Waals surface area contributed by atoms with Gasteiger partial charge in [-0.25, -0.2) is 0 Å². The van der Waals surface area contributed by atoms with Crippen LogP contribution in [0.4, 0.5) is 0 Å². The maximum absolute atomic E-state index is 6.25. The maximum atomic E-state index is 6.25. The van der Waals surface area contributed by atoms with Crippen LogP contribution < -0.4 is 5.73 Å². The van der Waals surface area contributed by atoms with Gasteiger partial charge in [0.1, 0.15) is 0 Å². The third-order valence-corrected chi connectivity index (χ3v) is 4.09. The smallest absolute Gasteiger partial charge is 0.0640 e. The van der Waals surface area contributed by atoms with Crippen LogP contribution in [0, 0.1) is 0 Å². The Bertz CT molecular complexity index is 381. The number of hydrogen-bond donors (Lipinski definition) is 1.